The predicted octanol–water partition coefficient (Wildman–Crippen LogP) is -1.96. The molecule has 2 aliphatic heterocycles. The van der Waals surface area contributed by atoms with Gasteiger partial charge in [-0.25, -0.2) is 4.79 Å². The van der Waals surface area contributed by atoms with Crippen molar-refractivity contribution < 1.29 is 14.4 Å². The first-order valence-electron chi connectivity index (χ1n) is 3.57. The molecule has 0 aromatic heterocycles. The second-order valence-corrected chi connectivity index (χ2v) is 2.97. The standard InChI is InChI=1S/C6H4N4O3S/c11-3-1(7-5(13)9-3)2-4(12)10-6(14)8-2/h(H2,7,9,11,13)(H2,8,10,12,14). The number of thiocarbonyl (C=S) groups is 1. The van der Waals surface area contributed by atoms with Crippen LogP contribution >= 0.6 is 12.2 Å². The highest BCUT2D eigenvalue weighted by Crippen LogP contribution is 2.07. The Bertz CT molecular complexity index is 375. The van der Waals surface area contributed by atoms with E-state index in [-0.39, 0.29) is 16.5 Å². The third-order valence-corrected chi connectivity index (χ3v) is 1.84. The SMILES string of the molecule is O=C1NC(=O)C(=C2NC(=S)NC2=O)N1. The number of urea groups is 1. The lowest BCUT2D eigenvalue weighted by Gasteiger charge is -1.97. The van der Waals surface area contributed by atoms with E-state index >= 15 is 0 Å². The van der Waals surface area contributed by atoms with Crippen LogP contribution in [0.15, 0.2) is 11.4 Å². The topological polar surface area (TPSA) is 99.3 Å². The molecule has 2 aliphatic rings. The number of rotatable bonds is 0. The molecule has 0 bridgehead atoms. The second kappa shape index (κ2) is 2.77. The third kappa shape index (κ3) is 1.21. The van der Waals surface area contributed by atoms with E-state index in [4.69, 9.17) is 0 Å². The first-order chi connectivity index (χ1) is 6.58. The van der Waals surface area contributed by atoms with Crippen LogP contribution in [0.25, 0.3) is 0 Å². The smallest absolute Gasteiger partial charge is 0.326 e. The van der Waals surface area contributed by atoms with E-state index in [9.17, 15) is 14.4 Å². The van der Waals surface area contributed by atoms with E-state index in [1.807, 2.05) is 5.32 Å². The summed E-state index contributed by atoms with van der Waals surface area (Å²) < 4.78 is 0. The molecule has 72 valence electrons. The van der Waals surface area contributed by atoms with Crippen molar-refractivity contribution in [3.63, 3.8) is 0 Å². The molecule has 4 amide bonds. The summed E-state index contributed by atoms with van der Waals surface area (Å²) in [5.41, 5.74) is -0.161. The number of imide groups is 1. The Hall–Kier alpha value is -1.96. The minimum atomic E-state index is -0.662. The van der Waals surface area contributed by atoms with Gasteiger partial charge in [0.1, 0.15) is 11.4 Å². The predicted molar refractivity (Wildman–Crippen MR) is 47.6 cm³/mol. The summed E-state index contributed by atoms with van der Waals surface area (Å²) >= 11 is 4.66. The second-order valence-electron chi connectivity index (χ2n) is 2.57. The van der Waals surface area contributed by atoms with Crippen molar-refractivity contribution in [2.45, 2.75) is 0 Å². The van der Waals surface area contributed by atoms with Crippen molar-refractivity contribution in [3.05, 3.63) is 11.4 Å². The van der Waals surface area contributed by atoms with Gasteiger partial charge in [-0.05, 0) is 12.2 Å². The van der Waals surface area contributed by atoms with E-state index in [0.717, 1.165) is 0 Å². The molecule has 0 aromatic carbocycles. The van der Waals surface area contributed by atoms with Gasteiger partial charge in [-0.3, -0.25) is 20.2 Å². The Morgan fingerprint density at radius 3 is 1.79 bits per heavy atom. The van der Waals surface area contributed by atoms with Gasteiger partial charge in [-0.1, -0.05) is 0 Å². The van der Waals surface area contributed by atoms with E-state index in [2.05, 4.69) is 28.2 Å². The fraction of sp³-hybridized carbons (Fsp3) is 0. The highest BCUT2D eigenvalue weighted by Gasteiger charge is 2.33. The molecule has 0 unspecified atom stereocenters. The van der Waals surface area contributed by atoms with Crippen molar-refractivity contribution in [2.75, 3.05) is 0 Å². The van der Waals surface area contributed by atoms with Gasteiger partial charge in [0.25, 0.3) is 11.8 Å². The molecule has 2 rings (SSSR count). The zero-order chi connectivity index (χ0) is 10.3. The van der Waals surface area contributed by atoms with Gasteiger partial charge in [0.05, 0.1) is 0 Å². The Labute approximate surface area is 82.9 Å². The number of carbonyl (C=O) groups excluding carboxylic acids is 3. The molecular formula is C6H4N4O3S. The maximum atomic E-state index is 11.2. The summed E-state index contributed by atoms with van der Waals surface area (Å²) in [6.07, 6.45) is 0. The van der Waals surface area contributed by atoms with Gasteiger partial charge < -0.3 is 10.6 Å². The Morgan fingerprint density at radius 1 is 0.786 bits per heavy atom. The summed E-state index contributed by atoms with van der Waals surface area (Å²) in [7, 11) is 0. The summed E-state index contributed by atoms with van der Waals surface area (Å²) in [5, 5.41) is 9.01. The van der Waals surface area contributed by atoms with Crippen LogP contribution in [0.4, 0.5) is 4.79 Å². The normalized spacial score (nSPS) is 25.7. The Balaban J connectivity index is 2.41. The molecule has 7 nitrogen and oxygen atoms in total. The van der Waals surface area contributed by atoms with Crippen molar-refractivity contribution in [3.8, 4) is 0 Å². The molecule has 14 heavy (non-hydrogen) atoms. The van der Waals surface area contributed by atoms with Gasteiger partial charge in [-0.15, -0.1) is 0 Å². The van der Waals surface area contributed by atoms with Crippen molar-refractivity contribution in [2.24, 2.45) is 0 Å². The highest BCUT2D eigenvalue weighted by atomic mass is 32.1. The van der Waals surface area contributed by atoms with Crippen molar-refractivity contribution >= 4 is 35.2 Å². The van der Waals surface area contributed by atoms with Crippen LogP contribution in [-0.2, 0) is 9.59 Å². The van der Waals surface area contributed by atoms with Crippen LogP contribution in [0, 0.1) is 0 Å². The number of hydrogen-bond donors (Lipinski definition) is 4. The fourth-order valence-corrected chi connectivity index (χ4v) is 1.28. The van der Waals surface area contributed by atoms with Crippen LogP contribution in [0.1, 0.15) is 0 Å². The zero-order valence-electron chi connectivity index (χ0n) is 6.63. The Kier molecular flexibility index (Phi) is 1.71. The van der Waals surface area contributed by atoms with Gasteiger partial charge in [0, 0.05) is 0 Å². The summed E-state index contributed by atoms with van der Waals surface area (Å²) in [6.45, 7) is 0. The van der Waals surface area contributed by atoms with E-state index in [0.29, 0.717) is 0 Å². The molecule has 4 N–H and O–H groups in total. The maximum Gasteiger partial charge on any atom is 0.326 e. The van der Waals surface area contributed by atoms with Crippen LogP contribution in [-0.4, -0.2) is 23.0 Å². The largest absolute Gasteiger partial charge is 0.326 e. The summed E-state index contributed by atoms with van der Waals surface area (Å²) in [5.74, 6) is -1.19. The van der Waals surface area contributed by atoms with Crippen molar-refractivity contribution in [1.29, 1.82) is 0 Å². The molecule has 0 atom stereocenters. The number of carbonyl (C=O) groups is 3. The molecule has 0 radical (unpaired) electrons. The molecule has 0 aromatic rings. The zero-order valence-corrected chi connectivity index (χ0v) is 7.45. The minimum absolute atomic E-state index is 0.0432. The van der Waals surface area contributed by atoms with Crippen LogP contribution in [0.2, 0.25) is 0 Å². The van der Waals surface area contributed by atoms with E-state index in [1.54, 1.807) is 0 Å². The highest BCUT2D eigenvalue weighted by molar-refractivity contribution is 7.80. The maximum absolute atomic E-state index is 11.2. The van der Waals surface area contributed by atoms with Crippen LogP contribution in [0.5, 0.6) is 0 Å². The fourth-order valence-electron chi connectivity index (χ4n) is 1.09. The summed E-state index contributed by atoms with van der Waals surface area (Å²) in [4.78, 5) is 33.0. The average Bonchev–Trinajstić information content (AvgIpc) is 2.55. The molecule has 0 aliphatic carbocycles. The number of nitrogens with one attached hydrogen (secondary N) is 4. The molecule has 2 fully saturated rings. The molecule has 0 saturated carbocycles. The first-order valence-corrected chi connectivity index (χ1v) is 3.97. The molecule has 2 heterocycles. The molecule has 2 saturated heterocycles. The van der Waals surface area contributed by atoms with Gasteiger partial charge in [0.15, 0.2) is 5.11 Å². The minimum Gasteiger partial charge on any atom is -0.326 e. The molecule has 0 spiro atoms. The molecular weight excluding hydrogens is 208 g/mol. The van der Waals surface area contributed by atoms with Crippen LogP contribution in [0.3, 0.4) is 0 Å². The molecule has 8 heteroatoms. The van der Waals surface area contributed by atoms with Gasteiger partial charge >= 0.3 is 6.03 Å². The number of hydrogen-bond acceptors (Lipinski definition) is 4. The lowest BCUT2D eigenvalue weighted by Crippen LogP contribution is -2.22. The average molecular weight is 212 g/mol. The van der Waals surface area contributed by atoms with E-state index < -0.39 is 17.8 Å². The lowest BCUT2D eigenvalue weighted by molar-refractivity contribution is -0.118. The first kappa shape index (κ1) is 8.63. The van der Waals surface area contributed by atoms with Crippen molar-refractivity contribution in [1.82, 2.24) is 21.3 Å². The quantitative estimate of drug-likeness (QED) is 0.212. The van der Waals surface area contributed by atoms with Gasteiger partial charge in [-0.2, -0.15) is 0 Å². The number of amides is 4. The third-order valence-electron chi connectivity index (χ3n) is 1.64. The van der Waals surface area contributed by atoms with Crippen LogP contribution < -0.4 is 21.3 Å². The Morgan fingerprint density at radius 2 is 1.36 bits per heavy atom. The summed E-state index contributed by atoms with van der Waals surface area (Å²) in [6, 6.07) is -0.662. The van der Waals surface area contributed by atoms with E-state index in [1.165, 1.54) is 0 Å². The monoisotopic (exact) mass is 212 g/mol. The van der Waals surface area contributed by atoms with Gasteiger partial charge in [0.2, 0.25) is 0 Å². The lowest BCUT2D eigenvalue weighted by atomic mass is 10.3.